The van der Waals surface area contributed by atoms with Crippen molar-refractivity contribution in [2.24, 2.45) is 5.92 Å². The molecular weight excluding hydrogens is 276 g/mol. The number of piperidine rings is 1. The minimum absolute atomic E-state index is 0.113. The number of methoxy groups -OCH3 is 1. The Morgan fingerprint density at radius 3 is 2.43 bits per heavy atom. The van der Waals surface area contributed by atoms with Crippen LogP contribution in [0.1, 0.15) is 34.1 Å². The summed E-state index contributed by atoms with van der Waals surface area (Å²) in [6, 6.07) is -0.271. The maximum Gasteiger partial charge on any atom is 0.409 e. The van der Waals surface area contributed by atoms with Crippen molar-refractivity contribution in [3.8, 4) is 0 Å². The molecule has 3 atom stereocenters. The van der Waals surface area contributed by atoms with Crippen molar-refractivity contribution in [2.45, 2.75) is 51.9 Å². The predicted molar refractivity (Wildman–Crippen MR) is 76.9 cm³/mol. The Morgan fingerprint density at radius 2 is 1.95 bits per heavy atom. The lowest BCUT2D eigenvalue weighted by Gasteiger charge is -2.38. The first-order valence-electron chi connectivity index (χ1n) is 7.13. The highest BCUT2D eigenvalue weighted by Crippen LogP contribution is 2.21. The second-order valence-corrected chi connectivity index (χ2v) is 6.45. The summed E-state index contributed by atoms with van der Waals surface area (Å²) in [6.45, 7) is 7.79. The van der Waals surface area contributed by atoms with E-state index in [0.29, 0.717) is 19.5 Å². The smallest absolute Gasteiger partial charge is 0.409 e. The van der Waals surface area contributed by atoms with Crippen LogP contribution in [0.25, 0.3) is 0 Å². The van der Waals surface area contributed by atoms with Crippen molar-refractivity contribution in [3.63, 3.8) is 0 Å². The molecule has 1 heterocycles. The first-order chi connectivity index (χ1) is 9.62. The number of likely N-dealkylation sites (tertiary alicyclic amines) is 1. The van der Waals surface area contributed by atoms with Gasteiger partial charge in [0.25, 0.3) is 0 Å². The SMILES string of the molecule is COC(=O)N1CC(NC(=O)OC(C)(C)C)CC(C(C)O)C1. The van der Waals surface area contributed by atoms with Gasteiger partial charge in [-0.05, 0) is 34.1 Å². The summed E-state index contributed by atoms with van der Waals surface area (Å²) in [5, 5.41) is 12.5. The maximum atomic E-state index is 11.8. The molecule has 1 fully saturated rings. The van der Waals surface area contributed by atoms with Crippen LogP contribution in [-0.2, 0) is 9.47 Å². The van der Waals surface area contributed by atoms with E-state index < -0.39 is 23.9 Å². The molecule has 0 spiro atoms. The number of nitrogens with one attached hydrogen (secondary N) is 1. The van der Waals surface area contributed by atoms with Crippen LogP contribution in [0.3, 0.4) is 0 Å². The molecule has 0 aromatic heterocycles. The molecule has 122 valence electrons. The largest absolute Gasteiger partial charge is 0.453 e. The van der Waals surface area contributed by atoms with Gasteiger partial charge in [-0.15, -0.1) is 0 Å². The van der Waals surface area contributed by atoms with Gasteiger partial charge in [-0.25, -0.2) is 9.59 Å². The number of alkyl carbamates (subject to hydrolysis) is 1. The average molecular weight is 302 g/mol. The number of carbonyl (C=O) groups is 2. The molecular formula is C14H26N2O5. The number of aliphatic hydroxyl groups excluding tert-OH is 1. The molecule has 1 aliphatic heterocycles. The molecule has 7 heteroatoms. The van der Waals surface area contributed by atoms with Gasteiger partial charge in [0, 0.05) is 19.0 Å². The third-order valence-electron chi connectivity index (χ3n) is 3.32. The monoisotopic (exact) mass is 302 g/mol. The van der Waals surface area contributed by atoms with Gasteiger partial charge in [0.1, 0.15) is 5.60 Å². The predicted octanol–water partition coefficient (Wildman–Crippen LogP) is 1.35. The summed E-state index contributed by atoms with van der Waals surface area (Å²) in [4.78, 5) is 25.0. The number of hydrogen-bond acceptors (Lipinski definition) is 5. The number of carbonyl (C=O) groups excluding carboxylic acids is 2. The zero-order valence-electron chi connectivity index (χ0n) is 13.4. The molecule has 1 aliphatic rings. The molecule has 1 saturated heterocycles. The standard InChI is InChI=1S/C14H26N2O5/c1-9(17)10-6-11(8-16(7-10)13(19)20-5)15-12(18)21-14(2,3)4/h9-11,17H,6-8H2,1-5H3,(H,15,18). The van der Waals surface area contributed by atoms with E-state index in [1.165, 1.54) is 12.0 Å². The van der Waals surface area contributed by atoms with Gasteiger partial charge < -0.3 is 24.8 Å². The lowest BCUT2D eigenvalue weighted by molar-refractivity contribution is 0.0283. The van der Waals surface area contributed by atoms with Crippen molar-refractivity contribution in [2.75, 3.05) is 20.2 Å². The van der Waals surface area contributed by atoms with Crippen molar-refractivity contribution < 1.29 is 24.2 Å². The maximum absolute atomic E-state index is 11.8. The minimum Gasteiger partial charge on any atom is -0.453 e. The summed E-state index contributed by atoms with van der Waals surface area (Å²) in [5.74, 6) is -0.113. The van der Waals surface area contributed by atoms with Gasteiger partial charge in [0.05, 0.1) is 19.3 Å². The minimum atomic E-state index is -0.579. The van der Waals surface area contributed by atoms with Crippen LogP contribution in [0.5, 0.6) is 0 Å². The Balaban J connectivity index is 2.67. The van der Waals surface area contributed by atoms with Crippen molar-refractivity contribution in [3.05, 3.63) is 0 Å². The van der Waals surface area contributed by atoms with E-state index in [1.54, 1.807) is 27.7 Å². The number of nitrogens with zero attached hydrogens (tertiary/aromatic N) is 1. The first kappa shape index (κ1) is 17.6. The van der Waals surface area contributed by atoms with Crippen molar-refractivity contribution >= 4 is 12.2 Å². The van der Waals surface area contributed by atoms with Gasteiger partial charge in [0.2, 0.25) is 0 Å². The molecule has 0 aliphatic carbocycles. The number of hydrogen-bond donors (Lipinski definition) is 2. The zero-order chi connectivity index (χ0) is 16.2. The lowest BCUT2D eigenvalue weighted by atomic mass is 9.90. The molecule has 0 aromatic rings. The Kier molecular flexibility index (Phi) is 5.83. The quantitative estimate of drug-likeness (QED) is 0.804. The van der Waals surface area contributed by atoms with Crippen LogP contribution in [0, 0.1) is 5.92 Å². The third kappa shape index (κ3) is 5.79. The van der Waals surface area contributed by atoms with Gasteiger partial charge >= 0.3 is 12.2 Å². The fraction of sp³-hybridized carbons (Fsp3) is 0.857. The van der Waals surface area contributed by atoms with E-state index in [4.69, 9.17) is 9.47 Å². The van der Waals surface area contributed by atoms with E-state index in [1.807, 2.05) is 0 Å². The van der Waals surface area contributed by atoms with Gasteiger partial charge in [-0.1, -0.05) is 0 Å². The van der Waals surface area contributed by atoms with Crippen LogP contribution < -0.4 is 5.32 Å². The Morgan fingerprint density at radius 1 is 1.33 bits per heavy atom. The molecule has 7 nitrogen and oxygen atoms in total. The molecule has 0 saturated carbocycles. The van der Waals surface area contributed by atoms with E-state index in [-0.39, 0.29) is 12.0 Å². The fourth-order valence-electron chi connectivity index (χ4n) is 2.34. The highest BCUT2D eigenvalue weighted by atomic mass is 16.6. The molecule has 0 aromatic carbocycles. The molecule has 0 radical (unpaired) electrons. The van der Waals surface area contributed by atoms with Gasteiger partial charge in [-0.2, -0.15) is 0 Å². The highest BCUT2D eigenvalue weighted by Gasteiger charge is 2.34. The second-order valence-electron chi connectivity index (χ2n) is 6.45. The Bertz CT molecular complexity index is 378. The van der Waals surface area contributed by atoms with E-state index >= 15 is 0 Å². The Hall–Kier alpha value is -1.50. The summed E-state index contributed by atoms with van der Waals surface area (Å²) >= 11 is 0. The van der Waals surface area contributed by atoms with Crippen LogP contribution >= 0.6 is 0 Å². The van der Waals surface area contributed by atoms with Gasteiger partial charge in [0.15, 0.2) is 0 Å². The summed E-state index contributed by atoms with van der Waals surface area (Å²) in [7, 11) is 1.31. The fourth-order valence-corrected chi connectivity index (χ4v) is 2.34. The Labute approximate surface area is 125 Å². The van der Waals surface area contributed by atoms with E-state index in [2.05, 4.69) is 5.32 Å². The van der Waals surface area contributed by atoms with E-state index in [0.717, 1.165) is 0 Å². The topological polar surface area (TPSA) is 88.1 Å². The van der Waals surface area contributed by atoms with Gasteiger partial charge in [-0.3, -0.25) is 0 Å². The van der Waals surface area contributed by atoms with E-state index in [9.17, 15) is 14.7 Å². The molecule has 2 amide bonds. The normalized spacial score (nSPS) is 24.2. The summed E-state index contributed by atoms with van der Waals surface area (Å²) in [6.07, 6.45) is -0.968. The average Bonchev–Trinajstić information content (AvgIpc) is 2.34. The summed E-state index contributed by atoms with van der Waals surface area (Å²) < 4.78 is 9.92. The number of ether oxygens (including phenoxy) is 2. The first-order valence-corrected chi connectivity index (χ1v) is 7.13. The molecule has 3 unspecified atom stereocenters. The molecule has 1 rings (SSSR count). The van der Waals surface area contributed by atoms with Crippen LogP contribution in [0.2, 0.25) is 0 Å². The number of rotatable bonds is 2. The third-order valence-corrected chi connectivity index (χ3v) is 3.32. The molecule has 21 heavy (non-hydrogen) atoms. The summed E-state index contributed by atoms with van der Waals surface area (Å²) in [5.41, 5.74) is -0.579. The molecule has 0 bridgehead atoms. The van der Waals surface area contributed by atoms with Crippen LogP contribution in [0.4, 0.5) is 9.59 Å². The number of amides is 2. The van der Waals surface area contributed by atoms with Crippen LogP contribution in [-0.4, -0.2) is 60.1 Å². The number of aliphatic hydroxyl groups is 1. The lowest BCUT2D eigenvalue weighted by Crippen LogP contribution is -2.54. The highest BCUT2D eigenvalue weighted by molar-refractivity contribution is 5.69. The zero-order valence-corrected chi connectivity index (χ0v) is 13.4. The van der Waals surface area contributed by atoms with Crippen molar-refractivity contribution in [1.82, 2.24) is 10.2 Å². The van der Waals surface area contributed by atoms with Crippen molar-refractivity contribution in [1.29, 1.82) is 0 Å². The van der Waals surface area contributed by atoms with Crippen LogP contribution in [0.15, 0.2) is 0 Å². The second kappa shape index (κ2) is 6.98. The molecule has 2 N–H and O–H groups in total.